The average Bonchev–Trinajstić information content (AvgIpc) is 2.77. The van der Waals surface area contributed by atoms with Gasteiger partial charge in [-0.25, -0.2) is 4.98 Å². The van der Waals surface area contributed by atoms with Crippen LogP contribution in [0.15, 0.2) is 6.20 Å². The summed E-state index contributed by atoms with van der Waals surface area (Å²) in [6.45, 7) is 5.98. The van der Waals surface area contributed by atoms with Crippen molar-refractivity contribution in [2.75, 3.05) is 20.1 Å². The number of hydrogen-bond acceptors (Lipinski definition) is 3. The third-order valence-electron chi connectivity index (χ3n) is 3.91. The summed E-state index contributed by atoms with van der Waals surface area (Å²) in [5.41, 5.74) is 1.08. The second kappa shape index (κ2) is 5.74. The van der Waals surface area contributed by atoms with Crippen molar-refractivity contribution in [3.63, 3.8) is 0 Å². The lowest BCUT2D eigenvalue weighted by Gasteiger charge is -2.28. The van der Waals surface area contributed by atoms with Gasteiger partial charge in [0.05, 0.1) is 0 Å². The van der Waals surface area contributed by atoms with Crippen molar-refractivity contribution < 1.29 is 9.90 Å². The first-order valence-electron chi connectivity index (χ1n) is 6.95. The maximum Gasteiger partial charge on any atom is 0.314 e. The first kappa shape index (κ1) is 14.1. The lowest BCUT2D eigenvalue weighted by Crippen LogP contribution is -2.31. The second-order valence-electron chi connectivity index (χ2n) is 5.89. The third-order valence-corrected chi connectivity index (χ3v) is 3.91. The molecule has 2 rings (SSSR count). The van der Waals surface area contributed by atoms with E-state index in [2.05, 4.69) is 21.9 Å². The van der Waals surface area contributed by atoms with Crippen molar-refractivity contribution in [1.82, 2.24) is 14.9 Å². The Labute approximate surface area is 114 Å². The van der Waals surface area contributed by atoms with Crippen LogP contribution in [0.2, 0.25) is 0 Å². The molecular weight excluding hydrogens is 242 g/mol. The molecule has 5 heteroatoms. The van der Waals surface area contributed by atoms with Crippen LogP contribution in [0.5, 0.6) is 0 Å². The number of carbonyl (C=O) groups is 1. The van der Waals surface area contributed by atoms with Gasteiger partial charge in [-0.05, 0) is 32.4 Å². The standard InChI is InChI=1S/C14H23N3O2/c1-9(2)12(14(18)19)13-15-7-11(16-13)10-5-4-6-17(3)8-10/h7,9-10,12H,4-6,8H2,1-3H3,(H,15,16)(H,18,19). The molecule has 5 nitrogen and oxygen atoms in total. The summed E-state index contributed by atoms with van der Waals surface area (Å²) < 4.78 is 0. The molecule has 2 unspecified atom stereocenters. The number of rotatable bonds is 4. The molecule has 2 atom stereocenters. The Morgan fingerprint density at radius 2 is 2.32 bits per heavy atom. The Balaban J connectivity index is 2.15. The fourth-order valence-corrected chi connectivity index (χ4v) is 2.86. The molecular formula is C14H23N3O2. The zero-order chi connectivity index (χ0) is 14.0. The molecule has 1 fully saturated rings. The molecule has 1 aliphatic rings. The normalized spacial score (nSPS) is 22.6. The molecule has 1 aromatic heterocycles. The lowest BCUT2D eigenvalue weighted by molar-refractivity contribution is -0.140. The van der Waals surface area contributed by atoms with Crippen LogP contribution in [0.25, 0.3) is 0 Å². The predicted octanol–water partition coefficient (Wildman–Crippen LogP) is 2.04. The number of aliphatic carboxylic acids is 1. The van der Waals surface area contributed by atoms with E-state index in [0.29, 0.717) is 11.7 Å². The molecule has 2 N–H and O–H groups in total. The molecule has 0 bridgehead atoms. The van der Waals surface area contributed by atoms with Gasteiger partial charge in [0.25, 0.3) is 0 Å². The Bertz CT molecular complexity index is 442. The van der Waals surface area contributed by atoms with Gasteiger partial charge in [0.15, 0.2) is 0 Å². The number of imidazole rings is 1. The summed E-state index contributed by atoms with van der Waals surface area (Å²) in [5.74, 6) is -0.287. The minimum atomic E-state index is -0.809. The van der Waals surface area contributed by atoms with Crippen LogP contribution >= 0.6 is 0 Å². The van der Waals surface area contributed by atoms with Gasteiger partial charge in [-0.3, -0.25) is 4.79 Å². The van der Waals surface area contributed by atoms with E-state index in [9.17, 15) is 9.90 Å². The lowest BCUT2D eigenvalue weighted by atomic mass is 9.94. The molecule has 0 saturated carbocycles. The summed E-state index contributed by atoms with van der Waals surface area (Å²) in [6.07, 6.45) is 4.14. The van der Waals surface area contributed by atoms with Crippen LogP contribution in [0.3, 0.4) is 0 Å². The smallest absolute Gasteiger partial charge is 0.314 e. The van der Waals surface area contributed by atoms with Crippen LogP contribution in [-0.2, 0) is 4.79 Å². The third kappa shape index (κ3) is 3.15. The molecule has 0 radical (unpaired) electrons. The fraction of sp³-hybridized carbons (Fsp3) is 0.714. The van der Waals surface area contributed by atoms with Crippen molar-refractivity contribution in [2.24, 2.45) is 5.92 Å². The second-order valence-corrected chi connectivity index (χ2v) is 5.89. The van der Waals surface area contributed by atoms with Gasteiger partial charge in [0.2, 0.25) is 0 Å². The van der Waals surface area contributed by atoms with Gasteiger partial charge < -0.3 is 15.0 Å². The van der Waals surface area contributed by atoms with Crippen molar-refractivity contribution in [2.45, 2.75) is 38.5 Å². The minimum Gasteiger partial charge on any atom is -0.481 e. The van der Waals surface area contributed by atoms with Crippen molar-refractivity contribution in [1.29, 1.82) is 0 Å². The number of carboxylic acid groups (broad SMARTS) is 1. The van der Waals surface area contributed by atoms with E-state index in [1.54, 1.807) is 0 Å². The Morgan fingerprint density at radius 1 is 1.58 bits per heavy atom. The Hall–Kier alpha value is -1.36. The van der Waals surface area contributed by atoms with E-state index >= 15 is 0 Å². The van der Waals surface area contributed by atoms with E-state index in [-0.39, 0.29) is 5.92 Å². The molecule has 0 aliphatic carbocycles. The summed E-state index contributed by atoms with van der Waals surface area (Å²) in [6, 6.07) is 0. The SMILES string of the molecule is CC(C)C(C(=O)O)c1ncc(C2CCCN(C)C2)[nH]1. The Kier molecular flexibility index (Phi) is 4.24. The molecule has 0 aromatic carbocycles. The van der Waals surface area contributed by atoms with E-state index in [4.69, 9.17) is 0 Å². The predicted molar refractivity (Wildman–Crippen MR) is 73.3 cm³/mol. The molecule has 106 valence electrons. The Morgan fingerprint density at radius 3 is 2.89 bits per heavy atom. The van der Waals surface area contributed by atoms with Gasteiger partial charge in [0, 0.05) is 24.4 Å². The monoisotopic (exact) mass is 265 g/mol. The maximum absolute atomic E-state index is 11.3. The van der Waals surface area contributed by atoms with Crippen molar-refractivity contribution in [3.05, 3.63) is 17.7 Å². The number of H-pyrrole nitrogens is 1. The van der Waals surface area contributed by atoms with Gasteiger partial charge in [-0.15, -0.1) is 0 Å². The van der Waals surface area contributed by atoms with Gasteiger partial charge in [-0.1, -0.05) is 13.8 Å². The van der Waals surface area contributed by atoms with Crippen LogP contribution in [0.4, 0.5) is 0 Å². The fourth-order valence-electron chi connectivity index (χ4n) is 2.86. The number of carboxylic acids is 1. The molecule has 1 aromatic rings. The highest BCUT2D eigenvalue weighted by Crippen LogP contribution is 2.28. The van der Waals surface area contributed by atoms with Crippen LogP contribution < -0.4 is 0 Å². The number of likely N-dealkylation sites (N-methyl/N-ethyl adjacent to an activating group) is 1. The quantitative estimate of drug-likeness (QED) is 0.874. The van der Waals surface area contributed by atoms with Crippen LogP contribution in [-0.4, -0.2) is 46.1 Å². The molecule has 0 amide bonds. The minimum absolute atomic E-state index is 0.0329. The molecule has 1 saturated heterocycles. The van der Waals surface area contributed by atoms with Crippen LogP contribution in [0.1, 0.15) is 50.0 Å². The van der Waals surface area contributed by atoms with E-state index in [1.165, 1.54) is 6.42 Å². The molecule has 19 heavy (non-hydrogen) atoms. The molecule has 2 heterocycles. The van der Waals surface area contributed by atoms with Crippen molar-refractivity contribution in [3.8, 4) is 0 Å². The number of aromatic amines is 1. The molecule has 0 spiro atoms. The highest BCUT2D eigenvalue weighted by molar-refractivity contribution is 5.75. The highest BCUT2D eigenvalue weighted by Gasteiger charge is 2.28. The van der Waals surface area contributed by atoms with Crippen LogP contribution in [0, 0.1) is 5.92 Å². The number of piperidine rings is 1. The molecule has 1 aliphatic heterocycles. The van der Waals surface area contributed by atoms with E-state index in [1.807, 2.05) is 20.0 Å². The van der Waals surface area contributed by atoms with E-state index < -0.39 is 11.9 Å². The summed E-state index contributed by atoms with van der Waals surface area (Å²) in [5, 5.41) is 9.29. The first-order valence-corrected chi connectivity index (χ1v) is 6.95. The largest absolute Gasteiger partial charge is 0.481 e. The zero-order valence-corrected chi connectivity index (χ0v) is 11.9. The average molecular weight is 265 g/mol. The summed E-state index contributed by atoms with van der Waals surface area (Å²) >= 11 is 0. The first-order chi connectivity index (χ1) is 8.99. The summed E-state index contributed by atoms with van der Waals surface area (Å²) in [4.78, 5) is 21.2. The maximum atomic E-state index is 11.3. The number of nitrogens with one attached hydrogen (secondary N) is 1. The summed E-state index contributed by atoms with van der Waals surface area (Å²) in [7, 11) is 2.12. The zero-order valence-electron chi connectivity index (χ0n) is 11.9. The number of aromatic nitrogens is 2. The topological polar surface area (TPSA) is 69.2 Å². The highest BCUT2D eigenvalue weighted by atomic mass is 16.4. The van der Waals surface area contributed by atoms with Gasteiger partial charge >= 0.3 is 5.97 Å². The van der Waals surface area contributed by atoms with E-state index in [0.717, 1.165) is 25.2 Å². The van der Waals surface area contributed by atoms with Gasteiger partial charge in [0.1, 0.15) is 11.7 Å². The van der Waals surface area contributed by atoms with Crippen molar-refractivity contribution >= 4 is 5.97 Å². The number of nitrogens with zero attached hydrogens (tertiary/aromatic N) is 2. The number of hydrogen-bond donors (Lipinski definition) is 2. The van der Waals surface area contributed by atoms with Gasteiger partial charge in [-0.2, -0.15) is 0 Å². The number of likely N-dealkylation sites (tertiary alicyclic amines) is 1.